The number of carbonyl (C=O) groups is 1. The molecule has 21 heavy (non-hydrogen) atoms. The van der Waals surface area contributed by atoms with E-state index in [1.54, 1.807) is 12.0 Å². The Kier molecular flexibility index (Phi) is 5.71. The summed E-state index contributed by atoms with van der Waals surface area (Å²) in [6.07, 6.45) is 0.923. The van der Waals surface area contributed by atoms with Crippen LogP contribution < -0.4 is 0 Å². The van der Waals surface area contributed by atoms with E-state index in [0.717, 1.165) is 16.9 Å². The van der Waals surface area contributed by atoms with Crippen LogP contribution in [0.5, 0.6) is 0 Å². The molecule has 0 radical (unpaired) electrons. The van der Waals surface area contributed by atoms with Crippen molar-refractivity contribution in [3.8, 4) is 0 Å². The number of H-pyrrole nitrogens is 1. The highest BCUT2D eigenvalue weighted by Gasteiger charge is 2.13. The maximum Gasteiger partial charge on any atom is 0.223 e. The number of aliphatic hydroxyl groups excluding tert-OH is 1. The van der Waals surface area contributed by atoms with Crippen molar-refractivity contribution in [1.82, 2.24) is 14.9 Å². The number of hydrogen-bond donors (Lipinski definition) is 2. The zero-order chi connectivity index (χ0) is 15.1. The SMILES string of the molecule is COCCN(CCO)C(=O)CCc1nc2ccccc2[nH]1. The second-order valence-corrected chi connectivity index (χ2v) is 4.80. The lowest BCUT2D eigenvalue weighted by Crippen LogP contribution is -2.36. The Hall–Kier alpha value is -1.92. The molecule has 114 valence electrons. The van der Waals surface area contributed by atoms with Gasteiger partial charge in [0.2, 0.25) is 5.91 Å². The van der Waals surface area contributed by atoms with Crippen LogP contribution in [0.25, 0.3) is 11.0 Å². The Balaban J connectivity index is 1.92. The van der Waals surface area contributed by atoms with Crippen molar-refractivity contribution in [3.63, 3.8) is 0 Å². The number of imidazole rings is 1. The number of amides is 1. The average molecular weight is 291 g/mol. The number of nitrogens with zero attached hydrogens (tertiary/aromatic N) is 2. The standard InChI is InChI=1S/C15H21N3O3/c1-21-11-9-18(8-10-19)15(20)7-6-14-16-12-4-2-3-5-13(12)17-14/h2-5,19H,6-11H2,1H3,(H,16,17). The molecule has 6 nitrogen and oxygen atoms in total. The van der Waals surface area contributed by atoms with Crippen LogP contribution in [0.3, 0.4) is 0 Å². The minimum Gasteiger partial charge on any atom is -0.395 e. The number of aryl methyl sites for hydroxylation is 1. The zero-order valence-electron chi connectivity index (χ0n) is 12.2. The van der Waals surface area contributed by atoms with Gasteiger partial charge >= 0.3 is 0 Å². The number of aliphatic hydroxyl groups is 1. The Bertz CT molecular complexity index is 549. The number of benzene rings is 1. The van der Waals surface area contributed by atoms with Crippen LogP contribution in [0, 0.1) is 0 Å². The van der Waals surface area contributed by atoms with Gasteiger partial charge in [-0.05, 0) is 12.1 Å². The maximum atomic E-state index is 12.1. The number of carbonyl (C=O) groups excluding carboxylic acids is 1. The van der Waals surface area contributed by atoms with Crippen LogP contribution in [0.4, 0.5) is 0 Å². The molecule has 0 atom stereocenters. The minimum atomic E-state index is -0.0416. The van der Waals surface area contributed by atoms with Gasteiger partial charge in [0.15, 0.2) is 0 Å². The average Bonchev–Trinajstić information content (AvgIpc) is 2.92. The number of nitrogens with one attached hydrogen (secondary N) is 1. The lowest BCUT2D eigenvalue weighted by atomic mass is 10.2. The molecule has 0 aliphatic carbocycles. The highest BCUT2D eigenvalue weighted by Crippen LogP contribution is 2.11. The fourth-order valence-electron chi connectivity index (χ4n) is 2.19. The molecule has 1 aromatic carbocycles. The maximum absolute atomic E-state index is 12.1. The van der Waals surface area contributed by atoms with Crippen LogP contribution >= 0.6 is 0 Å². The summed E-state index contributed by atoms with van der Waals surface area (Å²) in [7, 11) is 1.59. The summed E-state index contributed by atoms with van der Waals surface area (Å²) in [5, 5.41) is 9.01. The predicted octanol–water partition coefficient (Wildman–Crippen LogP) is 0.963. The van der Waals surface area contributed by atoms with Crippen LogP contribution in [-0.2, 0) is 16.0 Å². The molecule has 0 aliphatic rings. The van der Waals surface area contributed by atoms with E-state index < -0.39 is 0 Å². The summed E-state index contributed by atoms with van der Waals surface area (Å²) in [6, 6.07) is 7.78. The fourth-order valence-corrected chi connectivity index (χ4v) is 2.19. The first-order valence-electron chi connectivity index (χ1n) is 7.06. The molecular formula is C15H21N3O3. The van der Waals surface area contributed by atoms with E-state index in [0.29, 0.717) is 32.5 Å². The third-order valence-electron chi connectivity index (χ3n) is 3.30. The number of aromatic nitrogens is 2. The van der Waals surface area contributed by atoms with Crippen LogP contribution in [0.2, 0.25) is 0 Å². The fraction of sp³-hybridized carbons (Fsp3) is 0.467. The van der Waals surface area contributed by atoms with E-state index in [1.807, 2.05) is 24.3 Å². The van der Waals surface area contributed by atoms with Gasteiger partial charge in [-0.2, -0.15) is 0 Å². The quantitative estimate of drug-likeness (QED) is 0.759. The molecule has 0 bridgehead atoms. The first-order chi connectivity index (χ1) is 10.2. The Morgan fingerprint density at radius 1 is 1.38 bits per heavy atom. The molecule has 0 saturated carbocycles. The molecule has 0 saturated heterocycles. The molecule has 1 amide bonds. The van der Waals surface area contributed by atoms with Crippen molar-refractivity contribution in [1.29, 1.82) is 0 Å². The van der Waals surface area contributed by atoms with E-state index in [1.165, 1.54) is 0 Å². The second-order valence-electron chi connectivity index (χ2n) is 4.80. The molecule has 0 unspecified atom stereocenters. The summed E-state index contributed by atoms with van der Waals surface area (Å²) in [5.41, 5.74) is 1.89. The number of ether oxygens (including phenoxy) is 1. The molecular weight excluding hydrogens is 270 g/mol. The summed E-state index contributed by atoms with van der Waals surface area (Å²) in [4.78, 5) is 21.4. The topological polar surface area (TPSA) is 78.5 Å². The Labute approximate surface area is 123 Å². The highest BCUT2D eigenvalue weighted by molar-refractivity contribution is 5.77. The number of para-hydroxylation sites is 2. The zero-order valence-corrected chi connectivity index (χ0v) is 12.2. The number of methoxy groups -OCH3 is 1. The Morgan fingerprint density at radius 2 is 2.19 bits per heavy atom. The number of hydrogen-bond acceptors (Lipinski definition) is 4. The monoisotopic (exact) mass is 291 g/mol. The van der Waals surface area contributed by atoms with Crippen LogP contribution in [0.1, 0.15) is 12.2 Å². The van der Waals surface area contributed by atoms with Crippen molar-refractivity contribution in [2.45, 2.75) is 12.8 Å². The summed E-state index contributed by atoms with van der Waals surface area (Å²) >= 11 is 0. The third kappa shape index (κ3) is 4.27. The van der Waals surface area contributed by atoms with Crippen molar-refractivity contribution >= 4 is 16.9 Å². The summed E-state index contributed by atoms with van der Waals surface area (Å²) in [5.74, 6) is 0.807. The summed E-state index contributed by atoms with van der Waals surface area (Å²) < 4.78 is 4.98. The summed E-state index contributed by atoms with van der Waals surface area (Å²) in [6.45, 7) is 1.26. The van der Waals surface area contributed by atoms with Gasteiger partial charge in [0.05, 0.1) is 24.2 Å². The number of fused-ring (bicyclic) bond motifs is 1. The first kappa shape index (κ1) is 15.5. The van der Waals surface area contributed by atoms with E-state index >= 15 is 0 Å². The van der Waals surface area contributed by atoms with Gasteiger partial charge in [-0.3, -0.25) is 4.79 Å². The molecule has 2 aromatic rings. The Morgan fingerprint density at radius 3 is 2.90 bits per heavy atom. The van der Waals surface area contributed by atoms with Gasteiger partial charge in [0.1, 0.15) is 5.82 Å². The van der Waals surface area contributed by atoms with Gasteiger partial charge in [-0.15, -0.1) is 0 Å². The van der Waals surface area contributed by atoms with Gasteiger partial charge < -0.3 is 19.7 Å². The van der Waals surface area contributed by atoms with E-state index in [-0.39, 0.29) is 12.5 Å². The van der Waals surface area contributed by atoms with Gasteiger partial charge in [-0.25, -0.2) is 4.98 Å². The van der Waals surface area contributed by atoms with Gasteiger partial charge in [0, 0.05) is 33.0 Å². The van der Waals surface area contributed by atoms with Crippen molar-refractivity contribution in [2.24, 2.45) is 0 Å². The molecule has 2 rings (SSSR count). The van der Waals surface area contributed by atoms with Gasteiger partial charge in [0.25, 0.3) is 0 Å². The van der Waals surface area contributed by atoms with E-state index in [4.69, 9.17) is 9.84 Å². The predicted molar refractivity (Wildman–Crippen MR) is 80.0 cm³/mol. The molecule has 0 aliphatic heterocycles. The van der Waals surface area contributed by atoms with Crippen LogP contribution in [0.15, 0.2) is 24.3 Å². The van der Waals surface area contributed by atoms with E-state index in [2.05, 4.69) is 9.97 Å². The second kappa shape index (κ2) is 7.75. The first-order valence-corrected chi connectivity index (χ1v) is 7.06. The lowest BCUT2D eigenvalue weighted by molar-refractivity contribution is -0.132. The van der Waals surface area contributed by atoms with Gasteiger partial charge in [-0.1, -0.05) is 12.1 Å². The number of aromatic amines is 1. The minimum absolute atomic E-state index is 0.00144. The third-order valence-corrected chi connectivity index (χ3v) is 3.30. The smallest absolute Gasteiger partial charge is 0.223 e. The molecule has 6 heteroatoms. The van der Waals surface area contributed by atoms with Crippen molar-refractivity contribution in [2.75, 3.05) is 33.4 Å². The largest absolute Gasteiger partial charge is 0.395 e. The van der Waals surface area contributed by atoms with E-state index in [9.17, 15) is 4.79 Å². The lowest BCUT2D eigenvalue weighted by Gasteiger charge is -2.21. The molecule has 0 spiro atoms. The highest BCUT2D eigenvalue weighted by atomic mass is 16.5. The molecule has 2 N–H and O–H groups in total. The van der Waals surface area contributed by atoms with Crippen molar-refractivity contribution < 1.29 is 14.6 Å². The normalized spacial score (nSPS) is 11.0. The molecule has 1 heterocycles. The van der Waals surface area contributed by atoms with Crippen molar-refractivity contribution in [3.05, 3.63) is 30.1 Å². The van der Waals surface area contributed by atoms with Crippen LogP contribution in [-0.4, -0.2) is 59.3 Å². The molecule has 0 fully saturated rings. The molecule has 1 aromatic heterocycles. The number of rotatable bonds is 8.